The number of nitrogens with one attached hydrogen (secondary N) is 1. The Balaban J connectivity index is 1.94. The summed E-state index contributed by atoms with van der Waals surface area (Å²) in [6.07, 6.45) is 8.55. The molecule has 1 aromatic carbocycles. The molecule has 0 amide bonds. The molecule has 1 aromatic heterocycles. The number of hydrogen-bond donors (Lipinski definition) is 1. The van der Waals surface area contributed by atoms with Gasteiger partial charge in [0, 0.05) is 23.0 Å². The summed E-state index contributed by atoms with van der Waals surface area (Å²) in [4.78, 5) is 6.17. The van der Waals surface area contributed by atoms with E-state index in [2.05, 4.69) is 48.8 Å². The lowest BCUT2D eigenvalue weighted by Gasteiger charge is -2.36. The highest BCUT2D eigenvalue weighted by Crippen LogP contribution is 2.46. The standard InChI is InChI=1S/C18H24N2S/c1-2-19-13-16-14-20-17(21-16)18(11-7-4-8-12-18)15-9-5-3-6-10-15/h3,5-6,9-10,14,19H,2,4,7-8,11-13H2,1H3. The molecule has 1 aliphatic rings. The van der Waals surface area contributed by atoms with E-state index in [-0.39, 0.29) is 5.41 Å². The van der Waals surface area contributed by atoms with Crippen LogP contribution in [0, 0.1) is 0 Å². The van der Waals surface area contributed by atoms with Crippen molar-refractivity contribution in [2.75, 3.05) is 6.54 Å². The molecule has 0 radical (unpaired) electrons. The van der Waals surface area contributed by atoms with Crippen LogP contribution >= 0.6 is 11.3 Å². The molecule has 2 nitrogen and oxygen atoms in total. The summed E-state index contributed by atoms with van der Waals surface area (Å²) >= 11 is 1.90. The highest BCUT2D eigenvalue weighted by molar-refractivity contribution is 7.11. The third kappa shape index (κ3) is 3.04. The van der Waals surface area contributed by atoms with E-state index in [0.717, 1.165) is 13.1 Å². The van der Waals surface area contributed by atoms with Crippen LogP contribution in [0.2, 0.25) is 0 Å². The topological polar surface area (TPSA) is 24.9 Å². The van der Waals surface area contributed by atoms with Crippen LogP contribution in [0.5, 0.6) is 0 Å². The molecule has 21 heavy (non-hydrogen) atoms. The van der Waals surface area contributed by atoms with Gasteiger partial charge in [-0.15, -0.1) is 11.3 Å². The summed E-state index contributed by atoms with van der Waals surface area (Å²) in [5.41, 5.74) is 1.61. The van der Waals surface area contributed by atoms with E-state index in [1.54, 1.807) is 0 Å². The fourth-order valence-corrected chi connectivity index (χ4v) is 4.55. The van der Waals surface area contributed by atoms with Crippen molar-refractivity contribution in [3.8, 4) is 0 Å². The lowest BCUT2D eigenvalue weighted by molar-refractivity contribution is 0.345. The van der Waals surface area contributed by atoms with Gasteiger partial charge in [0.15, 0.2) is 0 Å². The van der Waals surface area contributed by atoms with Gasteiger partial charge in [-0.1, -0.05) is 56.5 Å². The van der Waals surface area contributed by atoms with Crippen LogP contribution in [-0.2, 0) is 12.0 Å². The zero-order valence-electron chi connectivity index (χ0n) is 12.8. The number of aromatic nitrogens is 1. The Kier molecular flexibility index (Phi) is 4.71. The molecular formula is C18H24N2S. The maximum Gasteiger partial charge on any atom is 0.103 e. The van der Waals surface area contributed by atoms with Crippen LogP contribution in [0.4, 0.5) is 0 Å². The molecular weight excluding hydrogens is 276 g/mol. The van der Waals surface area contributed by atoms with E-state index < -0.39 is 0 Å². The van der Waals surface area contributed by atoms with Crippen molar-refractivity contribution in [2.45, 2.75) is 51.0 Å². The van der Waals surface area contributed by atoms with Crippen LogP contribution in [0.3, 0.4) is 0 Å². The minimum absolute atomic E-state index is 0.161. The first-order valence-electron chi connectivity index (χ1n) is 8.06. The Morgan fingerprint density at radius 1 is 1.14 bits per heavy atom. The van der Waals surface area contributed by atoms with Crippen LogP contribution in [0.15, 0.2) is 36.5 Å². The molecule has 0 aliphatic heterocycles. The molecule has 1 heterocycles. The maximum absolute atomic E-state index is 4.82. The number of hydrogen-bond acceptors (Lipinski definition) is 3. The summed E-state index contributed by atoms with van der Waals surface area (Å²) in [6, 6.07) is 11.0. The predicted octanol–water partition coefficient (Wildman–Crippen LogP) is 4.50. The lowest BCUT2D eigenvalue weighted by Crippen LogP contribution is -2.30. The van der Waals surface area contributed by atoms with Crippen molar-refractivity contribution in [2.24, 2.45) is 0 Å². The second kappa shape index (κ2) is 6.71. The third-order valence-corrected chi connectivity index (χ3v) is 5.75. The molecule has 0 unspecified atom stereocenters. The summed E-state index contributed by atoms with van der Waals surface area (Å²) in [5.74, 6) is 0. The lowest BCUT2D eigenvalue weighted by atomic mass is 9.70. The monoisotopic (exact) mass is 300 g/mol. The summed E-state index contributed by atoms with van der Waals surface area (Å²) in [6.45, 7) is 4.10. The molecule has 112 valence electrons. The molecule has 1 saturated carbocycles. The van der Waals surface area contributed by atoms with Gasteiger partial charge in [-0.2, -0.15) is 0 Å². The summed E-state index contributed by atoms with van der Waals surface area (Å²) < 4.78 is 0. The fourth-order valence-electron chi connectivity index (χ4n) is 3.40. The van der Waals surface area contributed by atoms with Crippen molar-refractivity contribution in [3.63, 3.8) is 0 Å². The molecule has 1 N–H and O–H groups in total. The van der Waals surface area contributed by atoms with E-state index in [9.17, 15) is 0 Å². The van der Waals surface area contributed by atoms with Gasteiger partial charge in [0.1, 0.15) is 5.01 Å². The van der Waals surface area contributed by atoms with E-state index in [4.69, 9.17) is 4.98 Å². The molecule has 0 bridgehead atoms. The first kappa shape index (κ1) is 14.7. The number of thiazole rings is 1. The molecule has 0 atom stereocenters. The van der Waals surface area contributed by atoms with Gasteiger partial charge < -0.3 is 5.32 Å². The molecule has 0 saturated heterocycles. The highest BCUT2D eigenvalue weighted by Gasteiger charge is 2.38. The van der Waals surface area contributed by atoms with E-state index >= 15 is 0 Å². The second-order valence-electron chi connectivity index (χ2n) is 5.92. The van der Waals surface area contributed by atoms with Crippen molar-refractivity contribution in [1.82, 2.24) is 10.3 Å². The zero-order chi connectivity index (χ0) is 14.5. The summed E-state index contributed by atoms with van der Waals surface area (Å²) in [5, 5.41) is 4.72. The minimum atomic E-state index is 0.161. The van der Waals surface area contributed by atoms with Crippen molar-refractivity contribution >= 4 is 11.3 Å². The molecule has 0 spiro atoms. The first-order valence-corrected chi connectivity index (χ1v) is 8.88. The Labute approximate surface area is 131 Å². The Bertz CT molecular complexity index is 556. The normalized spacial score (nSPS) is 17.8. The largest absolute Gasteiger partial charge is 0.312 e. The summed E-state index contributed by atoms with van der Waals surface area (Å²) in [7, 11) is 0. The highest BCUT2D eigenvalue weighted by atomic mass is 32.1. The van der Waals surface area contributed by atoms with Crippen LogP contribution in [0.1, 0.15) is 54.5 Å². The van der Waals surface area contributed by atoms with Gasteiger partial charge >= 0.3 is 0 Å². The molecule has 1 fully saturated rings. The average molecular weight is 300 g/mol. The molecule has 2 aromatic rings. The van der Waals surface area contributed by atoms with Crippen molar-refractivity contribution in [3.05, 3.63) is 52.0 Å². The number of rotatable bonds is 5. The van der Waals surface area contributed by atoms with E-state index in [0.29, 0.717) is 0 Å². The average Bonchev–Trinajstić information content (AvgIpc) is 3.04. The Hall–Kier alpha value is -1.19. The van der Waals surface area contributed by atoms with Gasteiger partial charge in [-0.25, -0.2) is 4.98 Å². The van der Waals surface area contributed by atoms with Crippen molar-refractivity contribution < 1.29 is 0 Å². The molecule has 3 rings (SSSR count). The zero-order valence-corrected chi connectivity index (χ0v) is 13.6. The molecule has 1 aliphatic carbocycles. The number of benzene rings is 1. The van der Waals surface area contributed by atoms with Crippen molar-refractivity contribution in [1.29, 1.82) is 0 Å². The van der Waals surface area contributed by atoms with Crippen LogP contribution < -0.4 is 5.32 Å². The van der Waals surface area contributed by atoms with Crippen LogP contribution in [-0.4, -0.2) is 11.5 Å². The van der Waals surface area contributed by atoms with Crippen LogP contribution in [0.25, 0.3) is 0 Å². The van der Waals surface area contributed by atoms with E-state index in [1.165, 1.54) is 47.6 Å². The third-order valence-electron chi connectivity index (χ3n) is 4.55. The maximum atomic E-state index is 4.82. The smallest absolute Gasteiger partial charge is 0.103 e. The van der Waals surface area contributed by atoms with Gasteiger partial charge in [-0.3, -0.25) is 0 Å². The van der Waals surface area contributed by atoms with Gasteiger partial charge in [0.25, 0.3) is 0 Å². The quantitative estimate of drug-likeness (QED) is 0.879. The van der Waals surface area contributed by atoms with E-state index in [1.807, 2.05) is 11.3 Å². The predicted molar refractivity (Wildman–Crippen MR) is 89.8 cm³/mol. The second-order valence-corrected chi connectivity index (χ2v) is 7.04. The molecule has 3 heteroatoms. The van der Waals surface area contributed by atoms with Gasteiger partial charge in [0.2, 0.25) is 0 Å². The number of nitrogens with zero attached hydrogens (tertiary/aromatic N) is 1. The first-order chi connectivity index (χ1) is 10.3. The Morgan fingerprint density at radius 3 is 2.62 bits per heavy atom. The van der Waals surface area contributed by atoms with Gasteiger partial charge in [0.05, 0.1) is 0 Å². The fraction of sp³-hybridized carbons (Fsp3) is 0.500. The Morgan fingerprint density at radius 2 is 1.90 bits per heavy atom. The minimum Gasteiger partial charge on any atom is -0.312 e. The van der Waals surface area contributed by atoms with Gasteiger partial charge in [-0.05, 0) is 24.9 Å². The SMILES string of the molecule is CCNCc1cnc(C2(c3ccccc3)CCCCC2)s1.